The van der Waals surface area contributed by atoms with Crippen molar-refractivity contribution in [1.82, 2.24) is 10.2 Å². The molecule has 1 fully saturated rings. The van der Waals surface area contributed by atoms with Gasteiger partial charge in [0.05, 0.1) is 0 Å². The second-order valence-electron chi connectivity index (χ2n) is 4.78. The molecular weight excluding hydrogens is 184 g/mol. The van der Waals surface area contributed by atoms with Crippen molar-refractivity contribution in [2.75, 3.05) is 26.2 Å². The molecule has 1 aliphatic rings. The lowest BCUT2D eigenvalue weighted by Gasteiger charge is -2.37. The maximum atomic E-state index is 3.49. The van der Waals surface area contributed by atoms with Crippen molar-refractivity contribution in [3.8, 4) is 0 Å². The van der Waals surface area contributed by atoms with E-state index in [2.05, 4.69) is 31.0 Å². The zero-order chi connectivity index (χ0) is 11.1. The van der Waals surface area contributed by atoms with Crippen LogP contribution in [-0.4, -0.2) is 37.1 Å². The maximum absolute atomic E-state index is 3.49. The van der Waals surface area contributed by atoms with E-state index in [9.17, 15) is 0 Å². The summed E-state index contributed by atoms with van der Waals surface area (Å²) in [5, 5.41) is 3.49. The van der Waals surface area contributed by atoms with Crippen LogP contribution in [0.5, 0.6) is 0 Å². The molecule has 0 amide bonds. The van der Waals surface area contributed by atoms with Gasteiger partial charge in [-0.25, -0.2) is 0 Å². The molecular formula is C13H28N2. The highest BCUT2D eigenvalue weighted by Crippen LogP contribution is 2.20. The lowest BCUT2D eigenvalue weighted by Crippen LogP contribution is -2.44. The van der Waals surface area contributed by atoms with Crippen LogP contribution in [0.4, 0.5) is 0 Å². The van der Waals surface area contributed by atoms with Crippen LogP contribution >= 0.6 is 0 Å². The molecule has 2 heteroatoms. The Morgan fingerprint density at radius 3 is 2.60 bits per heavy atom. The molecule has 0 aliphatic carbocycles. The van der Waals surface area contributed by atoms with Gasteiger partial charge in [-0.15, -0.1) is 0 Å². The highest BCUT2D eigenvalue weighted by atomic mass is 15.2. The third-order valence-electron chi connectivity index (χ3n) is 3.69. The molecule has 1 saturated heterocycles. The smallest absolute Gasteiger partial charge is 0.00901 e. The Balaban J connectivity index is 2.33. The van der Waals surface area contributed by atoms with Crippen LogP contribution < -0.4 is 5.32 Å². The summed E-state index contributed by atoms with van der Waals surface area (Å²) in [6.07, 6.45) is 5.44. The third kappa shape index (κ3) is 4.12. The van der Waals surface area contributed by atoms with E-state index < -0.39 is 0 Å². The third-order valence-corrected chi connectivity index (χ3v) is 3.69. The van der Waals surface area contributed by atoms with Gasteiger partial charge >= 0.3 is 0 Å². The van der Waals surface area contributed by atoms with Crippen LogP contribution in [-0.2, 0) is 0 Å². The summed E-state index contributed by atoms with van der Waals surface area (Å²) in [6, 6.07) is 0.828. The average molecular weight is 212 g/mol. The van der Waals surface area contributed by atoms with Crippen LogP contribution in [0.2, 0.25) is 0 Å². The van der Waals surface area contributed by atoms with Crippen molar-refractivity contribution < 1.29 is 0 Å². The van der Waals surface area contributed by atoms with Gasteiger partial charge in [0.1, 0.15) is 0 Å². The quantitative estimate of drug-likeness (QED) is 0.728. The number of piperidine rings is 1. The van der Waals surface area contributed by atoms with Crippen LogP contribution in [0.1, 0.15) is 46.5 Å². The lowest BCUT2D eigenvalue weighted by atomic mass is 9.95. The summed E-state index contributed by atoms with van der Waals surface area (Å²) in [7, 11) is 0. The van der Waals surface area contributed by atoms with Crippen LogP contribution in [0.3, 0.4) is 0 Å². The fourth-order valence-corrected chi connectivity index (χ4v) is 2.75. The number of hydrogen-bond donors (Lipinski definition) is 1. The first kappa shape index (κ1) is 13.0. The minimum Gasteiger partial charge on any atom is -0.317 e. The second-order valence-corrected chi connectivity index (χ2v) is 4.78. The monoisotopic (exact) mass is 212 g/mol. The van der Waals surface area contributed by atoms with Crippen molar-refractivity contribution in [3.63, 3.8) is 0 Å². The van der Waals surface area contributed by atoms with Gasteiger partial charge in [-0.2, -0.15) is 0 Å². The van der Waals surface area contributed by atoms with E-state index in [4.69, 9.17) is 0 Å². The average Bonchev–Trinajstić information content (AvgIpc) is 2.29. The molecule has 2 nitrogen and oxygen atoms in total. The van der Waals surface area contributed by atoms with E-state index in [0.29, 0.717) is 0 Å². The van der Waals surface area contributed by atoms with Gasteiger partial charge in [-0.1, -0.05) is 20.8 Å². The summed E-state index contributed by atoms with van der Waals surface area (Å²) >= 11 is 0. The number of hydrogen-bond acceptors (Lipinski definition) is 2. The fourth-order valence-electron chi connectivity index (χ4n) is 2.75. The summed E-state index contributed by atoms with van der Waals surface area (Å²) in [5.41, 5.74) is 0. The van der Waals surface area contributed by atoms with Gasteiger partial charge in [0, 0.05) is 12.6 Å². The Morgan fingerprint density at radius 1 is 1.27 bits per heavy atom. The standard InChI is InChI=1S/C13H28N2/c1-4-13(5-2)15-9-7-8-12(11-15)10-14-6-3/h12-14H,4-11H2,1-3H3. The molecule has 0 radical (unpaired) electrons. The molecule has 0 aromatic rings. The molecule has 1 aliphatic heterocycles. The molecule has 0 aromatic heterocycles. The summed E-state index contributed by atoms with van der Waals surface area (Å²) < 4.78 is 0. The Bertz CT molecular complexity index is 155. The predicted molar refractivity (Wildman–Crippen MR) is 67.2 cm³/mol. The van der Waals surface area contributed by atoms with Crippen molar-refractivity contribution in [3.05, 3.63) is 0 Å². The zero-order valence-electron chi connectivity index (χ0n) is 10.8. The summed E-state index contributed by atoms with van der Waals surface area (Å²) in [6.45, 7) is 11.8. The van der Waals surface area contributed by atoms with Crippen molar-refractivity contribution in [2.45, 2.75) is 52.5 Å². The van der Waals surface area contributed by atoms with E-state index in [1.165, 1.54) is 45.3 Å². The van der Waals surface area contributed by atoms with E-state index in [-0.39, 0.29) is 0 Å². The molecule has 90 valence electrons. The van der Waals surface area contributed by atoms with E-state index in [1.807, 2.05) is 0 Å². The molecule has 1 atom stereocenters. The highest BCUT2D eigenvalue weighted by molar-refractivity contribution is 4.78. The van der Waals surface area contributed by atoms with E-state index in [1.54, 1.807) is 0 Å². The SMILES string of the molecule is CCNCC1CCCN(C(CC)CC)C1. The molecule has 0 saturated carbocycles. The fraction of sp³-hybridized carbons (Fsp3) is 1.00. The zero-order valence-corrected chi connectivity index (χ0v) is 10.8. The van der Waals surface area contributed by atoms with Crippen molar-refractivity contribution in [1.29, 1.82) is 0 Å². The largest absolute Gasteiger partial charge is 0.317 e. The van der Waals surface area contributed by atoms with Crippen molar-refractivity contribution >= 4 is 0 Å². The summed E-state index contributed by atoms with van der Waals surface area (Å²) in [4.78, 5) is 2.71. The van der Waals surface area contributed by atoms with Crippen LogP contribution in [0.25, 0.3) is 0 Å². The Labute approximate surface area is 95.4 Å². The van der Waals surface area contributed by atoms with Gasteiger partial charge in [-0.3, -0.25) is 0 Å². The molecule has 0 bridgehead atoms. The first-order valence-corrected chi connectivity index (χ1v) is 6.76. The summed E-state index contributed by atoms with van der Waals surface area (Å²) in [5.74, 6) is 0.888. The maximum Gasteiger partial charge on any atom is 0.00901 e. The number of likely N-dealkylation sites (tertiary alicyclic amines) is 1. The van der Waals surface area contributed by atoms with Gasteiger partial charge in [0.25, 0.3) is 0 Å². The first-order valence-electron chi connectivity index (χ1n) is 6.76. The minimum absolute atomic E-state index is 0.828. The minimum atomic E-state index is 0.828. The first-order chi connectivity index (χ1) is 7.31. The molecule has 1 heterocycles. The number of rotatable bonds is 6. The van der Waals surface area contributed by atoms with Gasteiger partial charge in [0.15, 0.2) is 0 Å². The van der Waals surface area contributed by atoms with E-state index >= 15 is 0 Å². The predicted octanol–water partition coefficient (Wildman–Crippen LogP) is 2.50. The Hall–Kier alpha value is -0.0800. The van der Waals surface area contributed by atoms with Gasteiger partial charge in [0.2, 0.25) is 0 Å². The Morgan fingerprint density at radius 2 is 2.00 bits per heavy atom. The number of nitrogens with zero attached hydrogens (tertiary/aromatic N) is 1. The molecule has 1 N–H and O–H groups in total. The van der Waals surface area contributed by atoms with E-state index in [0.717, 1.165) is 18.5 Å². The van der Waals surface area contributed by atoms with Crippen LogP contribution in [0, 0.1) is 5.92 Å². The molecule has 0 spiro atoms. The highest BCUT2D eigenvalue weighted by Gasteiger charge is 2.23. The molecule has 1 unspecified atom stereocenters. The topological polar surface area (TPSA) is 15.3 Å². The van der Waals surface area contributed by atoms with Crippen LogP contribution in [0.15, 0.2) is 0 Å². The Kier molecular flexibility index (Phi) is 6.26. The second kappa shape index (κ2) is 7.24. The molecule has 0 aromatic carbocycles. The number of nitrogens with one attached hydrogen (secondary N) is 1. The van der Waals surface area contributed by atoms with Gasteiger partial charge < -0.3 is 10.2 Å². The lowest BCUT2D eigenvalue weighted by molar-refractivity contribution is 0.116. The molecule has 15 heavy (non-hydrogen) atoms. The van der Waals surface area contributed by atoms with Crippen molar-refractivity contribution in [2.24, 2.45) is 5.92 Å². The molecule has 1 rings (SSSR count). The normalized spacial score (nSPS) is 23.6. The van der Waals surface area contributed by atoms with Gasteiger partial charge in [-0.05, 0) is 51.2 Å².